The number of aromatic nitrogens is 2. The number of para-hydroxylation sites is 1. The fourth-order valence-electron chi connectivity index (χ4n) is 4.39. The van der Waals surface area contributed by atoms with E-state index >= 15 is 0 Å². The number of piperidine rings is 1. The first-order chi connectivity index (χ1) is 17.2. The van der Waals surface area contributed by atoms with Crippen molar-refractivity contribution >= 4 is 50.7 Å². The zero-order valence-corrected chi connectivity index (χ0v) is 19.5. The first-order valence-corrected chi connectivity index (χ1v) is 12.2. The summed E-state index contributed by atoms with van der Waals surface area (Å²) in [5.74, 6) is 1.50. The monoisotopic (exact) mass is 486 g/mol. The van der Waals surface area contributed by atoms with Crippen molar-refractivity contribution in [2.24, 2.45) is 0 Å². The van der Waals surface area contributed by atoms with Crippen molar-refractivity contribution in [1.82, 2.24) is 20.6 Å². The van der Waals surface area contributed by atoms with Gasteiger partial charge in [0, 0.05) is 18.8 Å². The van der Waals surface area contributed by atoms with Crippen LogP contribution in [0.25, 0.3) is 10.2 Å². The minimum absolute atomic E-state index is 0.0673. The van der Waals surface area contributed by atoms with Crippen molar-refractivity contribution in [3.8, 4) is 11.5 Å². The highest BCUT2D eigenvalue weighted by Gasteiger charge is 2.33. The molecule has 3 aromatic heterocycles. The Hall–Kier alpha value is -4.02. The molecule has 9 nitrogen and oxygen atoms in total. The molecule has 0 saturated carbocycles. The Labute approximate surface area is 205 Å². The van der Waals surface area contributed by atoms with E-state index in [0.29, 0.717) is 38.4 Å². The minimum Gasteiger partial charge on any atom is -0.456 e. The highest BCUT2D eigenvalue weighted by atomic mass is 32.1. The summed E-state index contributed by atoms with van der Waals surface area (Å²) < 4.78 is 5.81. The molecular weight excluding hydrogens is 464 g/mol. The van der Waals surface area contributed by atoms with Crippen LogP contribution >= 0.6 is 11.3 Å². The van der Waals surface area contributed by atoms with Gasteiger partial charge in [-0.25, -0.2) is 19.7 Å². The number of anilines is 3. The number of rotatable bonds is 5. The van der Waals surface area contributed by atoms with Crippen LogP contribution < -0.4 is 25.6 Å². The third-order valence-corrected chi connectivity index (χ3v) is 7.11. The second-order valence-electron chi connectivity index (χ2n) is 8.37. The lowest BCUT2D eigenvalue weighted by Gasteiger charge is -2.28. The largest absolute Gasteiger partial charge is 0.456 e. The maximum absolute atomic E-state index is 13.2. The molecule has 1 atom stereocenters. The number of nitrogens with zero attached hydrogens (tertiary/aromatic N) is 3. The summed E-state index contributed by atoms with van der Waals surface area (Å²) in [7, 11) is 0. The lowest BCUT2D eigenvalue weighted by Crippen LogP contribution is -2.45. The topological polar surface area (TPSA) is 108 Å². The number of carbonyl (C=O) groups is 2. The van der Waals surface area contributed by atoms with Crippen LogP contribution in [0, 0.1) is 0 Å². The normalized spacial score (nSPS) is 17.2. The lowest BCUT2D eigenvalue weighted by atomic mass is 10.1. The molecule has 3 amide bonds. The number of ether oxygens (including phenoxy) is 1. The molecule has 0 unspecified atom stereocenters. The Morgan fingerprint density at radius 1 is 1.11 bits per heavy atom. The Kier molecular flexibility index (Phi) is 5.51. The Morgan fingerprint density at radius 3 is 2.77 bits per heavy atom. The van der Waals surface area contributed by atoms with E-state index in [2.05, 4.69) is 25.9 Å². The first-order valence-electron chi connectivity index (χ1n) is 11.4. The average molecular weight is 487 g/mol. The standard InChI is InChI=1S/C25H22N6O3S/c32-23(29-15-5-4-11-26-13-15)22-21-20-18(10-12-27-24(20)35-22)31(25(33)30-21)19-9-8-17(14-28-19)34-16-6-2-1-3-7-16/h1-3,6-10,12,14-15,26H,4-5,11,13H2,(H,29,32)(H,30,33)/t15-/m1/s1. The van der Waals surface area contributed by atoms with Crippen LogP contribution in [0.5, 0.6) is 11.5 Å². The van der Waals surface area contributed by atoms with E-state index in [1.165, 1.54) is 16.2 Å². The summed E-state index contributed by atoms with van der Waals surface area (Å²) in [6, 6.07) is 14.4. The fraction of sp³-hybridized carbons (Fsp3) is 0.200. The van der Waals surface area contributed by atoms with Gasteiger partial charge in [0.15, 0.2) is 0 Å². The molecule has 3 N–H and O–H groups in total. The first kappa shape index (κ1) is 21.5. The number of hydrogen-bond acceptors (Lipinski definition) is 7. The molecule has 1 fully saturated rings. The smallest absolute Gasteiger partial charge is 0.332 e. The molecule has 0 radical (unpaired) electrons. The molecule has 35 heavy (non-hydrogen) atoms. The van der Waals surface area contributed by atoms with Crippen molar-refractivity contribution < 1.29 is 14.3 Å². The summed E-state index contributed by atoms with van der Waals surface area (Å²) >= 11 is 1.28. The van der Waals surface area contributed by atoms with Crippen LogP contribution in [0.4, 0.5) is 22.0 Å². The van der Waals surface area contributed by atoms with Crippen LogP contribution in [0.2, 0.25) is 0 Å². The molecule has 0 bridgehead atoms. The van der Waals surface area contributed by atoms with E-state index < -0.39 is 0 Å². The Balaban J connectivity index is 1.31. The van der Waals surface area contributed by atoms with Crippen LogP contribution in [0.1, 0.15) is 22.5 Å². The summed E-state index contributed by atoms with van der Waals surface area (Å²) in [4.78, 5) is 37.9. The van der Waals surface area contributed by atoms with E-state index in [1.807, 2.05) is 30.3 Å². The SMILES string of the molecule is O=C(N[C@@H]1CCCNC1)c1sc2nccc3c2c1NC(=O)N3c1ccc(Oc2ccccc2)cn1. The van der Waals surface area contributed by atoms with E-state index in [-0.39, 0.29) is 18.0 Å². The summed E-state index contributed by atoms with van der Waals surface area (Å²) in [5.41, 5.74) is 1.13. The molecule has 0 aliphatic carbocycles. The Morgan fingerprint density at radius 2 is 2.00 bits per heavy atom. The van der Waals surface area contributed by atoms with E-state index in [9.17, 15) is 9.59 Å². The molecule has 2 aliphatic heterocycles. The molecule has 2 aliphatic rings. The number of hydrogen-bond donors (Lipinski definition) is 3. The molecule has 176 valence electrons. The van der Waals surface area contributed by atoms with Gasteiger partial charge in [-0.3, -0.25) is 4.79 Å². The van der Waals surface area contributed by atoms with Gasteiger partial charge in [0.05, 0.1) is 23.0 Å². The third-order valence-electron chi connectivity index (χ3n) is 6.01. The number of urea groups is 1. The number of thiophene rings is 1. The molecule has 10 heteroatoms. The van der Waals surface area contributed by atoms with Crippen molar-refractivity contribution in [2.45, 2.75) is 18.9 Å². The van der Waals surface area contributed by atoms with Crippen LogP contribution in [0.3, 0.4) is 0 Å². The average Bonchev–Trinajstić information content (AvgIpc) is 3.26. The minimum atomic E-state index is -0.388. The highest BCUT2D eigenvalue weighted by molar-refractivity contribution is 7.21. The van der Waals surface area contributed by atoms with Gasteiger partial charge in [-0.2, -0.15) is 0 Å². The molecule has 4 aromatic rings. The zero-order chi connectivity index (χ0) is 23.8. The van der Waals surface area contributed by atoms with Gasteiger partial charge in [-0.05, 0) is 49.7 Å². The van der Waals surface area contributed by atoms with E-state index in [4.69, 9.17) is 4.74 Å². The number of amides is 3. The fourth-order valence-corrected chi connectivity index (χ4v) is 5.41. The Bertz CT molecular complexity index is 1400. The van der Waals surface area contributed by atoms with Crippen molar-refractivity contribution in [1.29, 1.82) is 0 Å². The van der Waals surface area contributed by atoms with Crippen LogP contribution in [-0.4, -0.2) is 41.0 Å². The molecule has 5 heterocycles. The van der Waals surface area contributed by atoms with Gasteiger partial charge in [0.2, 0.25) is 0 Å². The zero-order valence-electron chi connectivity index (χ0n) is 18.7. The van der Waals surface area contributed by atoms with Gasteiger partial charge in [0.1, 0.15) is 27.0 Å². The number of carbonyl (C=O) groups excluding carboxylic acids is 2. The summed E-state index contributed by atoms with van der Waals surface area (Å²) in [5, 5.41) is 10.0. The van der Waals surface area contributed by atoms with Gasteiger partial charge in [0.25, 0.3) is 5.91 Å². The number of nitrogens with one attached hydrogen (secondary N) is 3. The number of pyridine rings is 2. The molecule has 1 aromatic carbocycles. The van der Waals surface area contributed by atoms with Gasteiger partial charge >= 0.3 is 6.03 Å². The quantitative estimate of drug-likeness (QED) is 0.379. The van der Waals surface area contributed by atoms with Crippen molar-refractivity contribution in [3.05, 3.63) is 65.8 Å². The molecule has 6 rings (SSSR count). The lowest BCUT2D eigenvalue weighted by molar-refractivity contribution is 0.0935. The highest BCUT2D eigenvalue weighted by Crippen LogP contribution is 2.45. The third kappa shape index (κ3) is 4.07. The second kappa shape index (κ2) is 8.97. The molecule has 1 saturated heterocycles. The maximum Gasteiger partial charge on any atom is 0.332 e. The number of benzene rings is 1. The van der Waals surface area contributed by atoms with Gasteiger partial charge in [-0.15, -0.1) is 11.3 Å². The van der Waals surface area contributed by atoms with Crippen LogP contribution in [-0.2, 0) is 0 Å². The summed E-state index contributed by atoms with van der Waals surface area (Å²) in [6.07, 6.45) is 5.17. The predicted octanol–water partition coefficient (Wildman–Crippen LogP) is 4.65. The van der Waals surface area contributed by atoms with Crippen LogP contribution in [0.15, 0.2) is 60.9 Å². The molecule has 0 spiro atoms. The van der Waals surface area contributed by atoms with Crippen molar-refractivity contribution in [2.75, 3.05) is 23.3 Å². The van der Waals surface area contributed by atoms with E-state index in [1.54, 1.807) is 30.6 Å². The predicted molar refractivity (Wildman–Crippen MR) is 135 cm³/mol. The molecular formula is C25H22N6O3S. The van der Waals surface area contributed by atoms with Crippen molar-refractivity contribution in [3.63, 3.8) is 0 Å². The second-order valence-corrected chi connectivity index (χ2v) is 9.37. The summed E-state index contributed by atoms with van der Waals surface area (Å²) in [6.45, 7) is 1.71. The van der Waals surface area contributed by atoms with Gasteiger partial charge in [-0.1, -0.05) is 18.2 Å². The van der Waals surface area contributed by atoms with Gasteiger partial charge < -0.3 is 20.7 Å². The maximum atomic E-state index is 13.2. The van der Waals surface area contributed by atoms with E-state index in [0.717, 1.165) is 31.3 Å².